The summed E-state index contributed by atoms with van der Waals surface area (Å²) in [7, 11) is 1.31. The molecule has 0 saturated heterocycles. The summed E-state index contributed by atoms with van der Waals surface area (Å²) in [6, 6.07) is 11.3. The first-order valence-corrected chi connectivity index (χ1v) is 9.01. The van der Waals surface area contributed by atoms with Crippen molar-refractivity contribution >= 4 is 29.2 Å². The number of carbonyl (C=O) groups is 2. The van der Waals surface area contributed by atoms with Gasteiger partial charge in [0.1, 0.15) is 5.82 Å². The molecule has 27 heavy (non-hydrogen) atoms. The maximum atomic E-state index is 14.1. The average Bonchev–Trinajstić information content (AvgIpc) is 3.49. The van der Waals surface area contributed by atoms with Crippen LogP contribution in [0.5, 0.6) is 0 Å². The molecule has 2 aromatic carbocycles. The van der Waals surface area contributed by atoms with Crippen molar-refractivity contribution < 1.29 is 18.7 Å². The van der Waals surface area contributed by atoms with Gasteiger partial charge in [-0.05, 0) is 49.2 Å². The first-order chi connectivity index (χ1) is 13.0. The van der Waals surface area contributed by atoms with E-state index < -0.39 is 5.97 Å². The third kappa shape index (κ3) is 5.05. The van der Waals surface area contributed by atoms with Crippen LogP contribution < -0.4 is 5.32 Å². The van der Waals surface area contributed by atoms with E-state index in [2.05, 4.69) is 10.1 Å². The maximum absolute atomic E-state index is 14.1. The van der Waals surface area contributed by atoms with Gasteiger partial charge in [-0.15, -0.1) is 0 Å². The predicted octanol–water partition coefficient (Wildman–Crippen LogP) is 3.87. The zero-order valence-corrected chi connectivity index (χ0v) is 15.6. The van der Waals surface area contributed by atoms with Crippen LogP contribution in [0, 0.1) is 5.82 Å². The second kappa shape index (κ2) is 8.50. The van der Waals surface area contributed by atoms with Gasteiger partial charge in [0.05, 0.1) is 19.2 Å². The molecule has 0 radical (unpaired) electrons. The molecule has 0 unspecified atom stereocenters. The Balaban J connectivity index is 1.63. The number of hydrogen-bond donors (Lipinski definition) is 1. The molecule has 5 nitrogen and oxygen atoms in total. The van der Waals surface area contributed by atoms with Gasteiger partial charge in [0.25, 0.3) is 0 Å². The normalized spacial score (nSPS) is 13.5. The second-order valence-electron chi connectivity index (χ2n) is 6.45. The molecule has 0 atom stereocenters. The van der Waals surface area contributed by atoms with Crippen LogP contribution in [0.2, 0.25) is 5.02 Å². The first-order valence-electron chi connectivity index (χ1n) is 8.63. The van der Waals surface area contributed by atoms with Crippen LogP contribution in [0.3, 0.4) is 0 Å². The molecule has 2 aromatic rings. The number of esters is 1. The van der Waals surface area contributed by atoms with Crippen LogP contribution in [-0.4, -0.2) is 36.5 Å². The monoisotopic (exact) mass is 390 g/mol. The molecule has 1 fully saturated rings. The van der Waals surface area contributed by atoms with Gasteiger partial charge in [0.15, 0.2) is 0 Å². The fourth-order valence-corrected chi connectivity index (χ4v) is 3.06. The molecule has 1 saturated carbocycles. The highest BCUT2D eigenvalue weighted by atomic mass is 35.5. The van der Waals surface area contributed by atoms with Gasteiger partial charge in [-0.25, -0.2) is 9.18 Å². The summed E-state index contributed by atoms with van der Waals surface area (Å²) in [4.78, 5) is 25.8. The summed E-state index contributed by atoms with van der Waals surface area (Å²) in [5.41, 5.74) is 1.39. The van der Waals surface area contributed by atoms with Gasteiger partial charge in [-0.2, -0.15) is 0 Å². The van der Waals surface area contributed by atoms with Crippen LogP contribution in [-0.2, 0) is 16.1 Å². The van der Waals surface area contributed by atoms with Crippen molar-refractivity contribution in [3.8, 4) is 0 Å². The SMILES string of the molecule is COC(=O)c1ccc(NC(=O)CN(Cc2c(F)cccc2Cl)C2CC2)cc1. The van der Waals surface area contributed by atoms with Crippen LogP contribution in [0.25, 0.3) is 0 Å². The van der Waals surface area contributed by atoms with Crippen molar-refractivity contribution in [2.45, 2.75) is 25.4 Å². The fraction of sp³-hybridized carbons (Fsp3) is 0.300. The summed E-state index contributed by atoms with van der Waals surface area (Å²) in [6.45, 7) is 0.416. The Bertz CT molecular complexity index is 817. The molecule has 1 aliphatic carbocycles. The molecule has 7 heteroatoms. The first kappa shape index (κ1) is 19.3. The quantitative estimate of drug-likeness (QED) is 0.729. The smallest absolute Gasteiger partial charge is 0.337 e. The number of nitrogens with zero attached hydrogens (tertiary/aromatic N) is 1. The Morgan fingerprint density at radius 2 is 1.93 bits per heavy atom. The predicted molar refractivity (Wildman–Crippen MR) is 101 cm³/mol. The number of nitrogens with one attached hydrogen (secondary N) is 1. The van der Waals surface area contributed by atoms with Gasteiger partial charge in [-0.3, -0.25) is 9.69 Å². The van der Waals surface area contributed by atoms with Crippen LogP contribution in [0.15, 0.2) is 42.5 Å². The summed E-state index contributed by atoms with van der Waals surface area (Å²) >= 11 is 6.11. The van der Waals surface area contributed by atoms with Gasteiger partial charge in [-0.1, -0.05) is 17.7 Å². The third-order valence-electron chi connectivity index (χ3n) is 4.42. The molecule has 1 N–H and O–H groups in total. The van der Waals surface area contributed by atoms with Crippen molar-refractivity contribution in [1.82, 2.24) is 4.90 Å². The largest absolute Gasteiger partial charge is 0.465 e. The summed E-state index contributed by atoms with van der Waals surface area (Å²) in [5, 5.41) is 3.16. The average molecular weight is 391 g/mol. The highest BCUT2D eigenvalue weighted by molar-refractivity contribution is 6.31. The lowest BCUT2D eigenvalue weighted by atomic mass is 10.2. The lowest BCUT2D eigenvalue weighted by molar-refractivity contribution is -0.117. The minimum atomic E-state index is -0.436. The molecular weight excluding hydrogens is 371 g/mol. The van der Waals surface area contributed by atoms with Crippen LogP contribution in [0.1, 0.15) is 28.8 Å². The van der Waals surface area contributed by atoms with E-state index in [1.807, 2.05) is 4.90 Å². The second-order valence-corrected chi connectivity index (χ2v) is 6.86. The van der Waals surface area contributed by atoms with Gasteiger partial charge >= 0.3 is 5.97 Å². The summed E-state index contributed by atoms with van der Waals surface area (Å²) < 4.78 is 18.7. The third-order valence-corrected chi connectivity index (χ3v) is 4.78. The Morgan fingerprint density at radius 1 is 1.22 bits per heavy atom. The molecule has 1 amide bonds. The van der Waals surface area contributed by atoms with Gasteiger partial charge in [0.2, 0.25) is 5.91 Å². The molecule has 142 valence electrons. The lowest BCUT2D eigenvalue weighted by Gasteiger charge is -2.22. The Kier molecular flexibility index (Phi) is 6.08. The lowest BCUT2D eigenvalue weighted by Crippen LogP contribution is -2.34. The standard InChI is InChI=1S/C20H20ClFN2O3/c1-27-20(26)13-5-7-14(8-6-13)23-19(25)12-24(15-9-10-15)11-16-17(21)3-2-4-18(16)22/h2-8,15H,9-12H2,1H3,(H,23,25). The summed E-state index contributed by atoms with van der Waals surface area (Å²) in [6.07, 6.45) is 1.96. The molecule has 0 aliphatic heterocycles. The van der Waals surface area contributed by atoms with E-state index in [-0.39, 0.29) is 30.9 Å². The minimum Gasteiger partial charge on any atom is -0.465 e. The van der Waals surface area contributed by atoms with Crippen molar-refractivity contribution in [2.24, 2.45) is 0 Å². The van der Waals surface area contributed by atoms with E-state index in [0.29, 0.717) is 21.8 Å². The highest BCUT2D eigenvalue weighted by Gasteiger charge is 2.31. The number of rotatable bonds is 7. The van der Waals surface area contributed by atoms with Crippen LogP contribution in [0.4, 0.5) is 10.1 Å². The Labute approximate surface area is 162 Å². The van der Waals surface area contributed by atoms with Crippen molar-refractivity contribution in [2.75, 3.05) is 19.0 Å². The van der Waals surface area contributed by atoms with Crippen molar-refractivity contribution in [3.05, 3.63) is 64.4 Å². The zero-order chi connectivity index (χ0) is 19.4. The van der Waals surface area contributed by atoms with Crippen LogP contribution >= 0.6 is 11.6 Å². The molecule has 0 aromatic heterocycles. The zero-order valence-electron chi connectivity index (χ0n) is 14.9. The minimum absolute atomic E-state index is 0.133. The van der Waals surface area contributed by atoms with Gasteiger partial charge < -0.3 is 10.1 Å². The number of methoxy groups -OCH3 is 1. The molecule has 0 heterocycles. The van der Waals surface area contributed by atoms with E-state index in [1.54, 1.807) is 36.4 Å². The molecular formula is C20H20ClFN2O3. The van der Waals surface area contributed by atoms with Crippen molar-refractivity contribution in [1.29, 1.82) is 0 Å². The number of carbonyl (C=O) groups excluding carboxylic acids is 2. The van der Waals surface area contributed by atoms with E-state index in [1.165, 1.54) is 13.2 Å². The highest BCUT2D eigenvalue weighted by Crippen LogP contribution is 2.30. The number of halogens is 2. The maximum Gasteiger partial charge on any atom is 0.337 e. The number of hydrogen-bond acceptors (Lipinski definition) is 4. The van der Waals surface area contributed by atoms with E-state index in [0.717, 1.165) is 12.8 Å². The molecule has 3 rings (SSSR count). The topological polar surface area (TPSA) is 58.6 Å². The molecule has 1 aliphatic rings. The number of anilines is 1. The van der Waals surface area contributed by atoms with Crippen molar-refractivity contribution in [3.63, 3.8) is 0 Å². The Hall–Kier alpha value is -2.44. The molecule has 0 bridgehead atoms. The number of amides is 1. The summed E-state index contributed by atoms with van der Waals surface area (Å²) in [5.74, 6) is -1.01. The number of benzene rings is 2. The number of ether oxygens (including phenoxy) is 1. The molecule has 0 spiro atoms. The van der Waals surface area contributed by atoms with E-state index >= 15 is 0 Å². The van der Waals surface area contributed by atoms with Gasteiger partial charge in [0, 0.05) is 28.9 Å². The van der Waals surface area contributed by atoms with E-state index in [4.69, 9.17) is 11.6 Å². The Morgan fingerprint density at radius 3 is 2.52 bits per heavy atom. The fourth-order valence-electron chi connectivity index (χ4n) is 2.83. The van der Waals surface area contributed by atoms with E-state index in [9.17, 15) is 14.0 Å².